The van der Waals surface area contributed by atoms with Crippen molar-refractivity contribution in [3.8, 4) is 5.75 Å². The zero-order chi connectivity index (χ0) is 16.0. The number of rotatable bonds is 7. The van der Waals surface area contributed by atoms with Crippen LogP contribution in [0.2, 0.25) is 0 Å². The van der Waals surface area contributed by atoms with Crippen molar-refractivity contribution in [2.45, 2.75) is 46.1 Å². The summed E-state index contributed by atoms with van der Waals surface area (Å²) in [7, 11) is 1.60. The van der Waals surface area contributed by atoms with Gasteiger partial charge in [0.05, 0.1) is 19.1 Å². The molecule has 1 amide bonds. The van der Waals surface area contributed by atoms with Crippen molar-refractivity contribution in [3.05, 3.63) is 29.3 Å². The summed E-state index contributed by atoms with van der Waals surface area (Å²) < 4.78 is 5.27. The lowest BCUT2D eigenvalue weighted by Gasteiger charge is -2.25. The Bertz CT molecular complexity index is 481. The fourth-order valence-corrected chi connectivity index (χ4v) is 2.52. The Morgan fingerprint density at radius 1 is 1.43 bits per heavy atom. The van der Waals surface area contributed by atoms with Crippen LogP contribution in [0, 0.1) is 12.8 Å². The summed E-state index contributed by atoms with van der Waals surface area (Å²) in [6, 6.07) is 5.77. The Balaban J connectivity index is 2.60. The van der Waals surface area contributed by atoms with Gasteiger partial charge in [0.1, 0.15) is 5.75 Å². The Morgan fingerprint density at radius 3 is 2.67 bits per heavy atom. The number of aliphatic hydroxyl groups is 1. The Kier molecular flexibility index (Phi) is 6.21. The third kappa shape index (κ3) is 6.17. The first-order chi connectivity index (χ1) is 9.73. The predicted molar refractivity (Wildman–Crippen MR) is 84.5 cm³/mol. The number of hydrogen-bond acceptors (Lipinski definition) is 3. The molecule has 1 atom stereocenters. The molecule has 21 heavy (non-hydrogen) atoms. The number of carbonyl (C=O) groups excluding carboxylic acids is 1. The second-order valence-corrected chi connectivity index (χ2v) is 6.36. The van der Waals surface area contributed by atoms with Gasteiger partial charge in [-0.2, -0.15) is 0 Å². The van der Waals surface area contributed by atoms with Gasteiger partial charge in [0.25, 0.3) is 0 Å². The van der Waals surface area contributed by atoms with Crippen LogP contribution in [0.3, 0.4) is 0 Å². The summed E-state index contributed by atoms with van der Waals surface area (Å²) in [6.45, 7) is 8.09. The topological polar surface area (TPSA) is 58.6 Å². The predicted octanol–water partition coefficient (Wildman–Crippen LogP) is 2.46. The summed E-state index contributed by atoms with van der Waals surface area (Å²) >= 11 is 0. The lowest BCUT2D eigenvalue weighted by Crippen LogP contribution is -2.42. The van der Waals surface area contributed by atoms with Crippen molar-refractivity contribution in [3.63, 3.8) is 0 Å². The third-order valence-electron chi connectivity index (χ3n) is 3.30. The molecule has 0 aliphatic heterocycles. The van der Waals surface area contributed by atoms with Gasteiger partial charge in [-0.1, -0.05) is 31.5 Å². The molecule has 4 nitrogen and oxygen atoms in total. The minimum absolute atomic E-state index is 0.108. The summed E-state index contributed by atoms with van der Waals surface area (Å²) in [5.74, 6) is 0.987. The maximum Gasteiger partial charge on any atom is 0.224 e. The van der Waals surface area contributed by atoms with Gasteiger partial charge in [-0.3, -0.25) is 4.79 Å². The van der Waals surface area contributed by atoms with Crippen molar-refractivity contribution in [2.24, 2.45) is 5.92 Å². The monoisotopic (exact) mass is 293 g/mol. The first kappa shape index (κ1) is 17.5. The lowest BCUT2D eigenvalue weighted by molar-refractivity contribution is -0.121. The zero-order valence-corrected chi connectivity index (χ0v) is 13.7. The minimum Gasteiger partial charge on any atom is -0.496 e. The highest BCUT2D eigenvalue weighted by Gasteiger charge is 2.22. The smallest absolute Gasteiger partial charge is 0.224 e. The molecular formula is C17H27NO3. The number of ether oxygens (including phenoxy) is 1. The van der Waals surface area contributed by atoms with Crippen LogP contribution in [-0.4, -0.2) is 30.3 Å². The quantitative estimate of drug-likeness (QED) is 0.812. The number of carbonyl (C=O) groups is 1. The van der Waals surface area contributed by atoms with Crippen LogP contribution >= 0.6 is 0 Å². The largest absolute Gasteiger partial charge is 0.496 e. The van der Waals surface area contributed by atoms with Crippen LogP contribution in [0.25, 0.3) is 0 Å². The molecule has 1 aromatic carbocycles. The number of benzene rings is 1. The van der Waals surface area contributed by atoms with Crippen molar-refractivity contribution in [2.75, 3.05) is 13.7 Å². The van der Waals surface area contributed by atoms with E-state index in [1.54, 1.807) is 14.0 Å². The first-order valence-electron chi connectivity index (χ1n) is 7.36. The van der Waals surface area contributed by atoms with E-state index in [2.05, 4.69) is 5.32 Å². The number of hydrogen-bond donors (Lipinski definition) is 2. The van der Waals surface area contributed by atoms with E-state index in [9.17, 15) is 9.90 Å². The van der Waals surface area contributed by atoms with Crippen LogP contribution in [0.15, 0.2) is 18.2 Å². The second kappa shape index (κ2) is 7.46. The minimum atomic E-state index is -0.874. The van der Waals surface area contributed by atoms with E-state index in [4.69, 9.17) is 4.74 Å². The van der Waals surface area contributed by atoms with Crippen molar-refractivity contribution in [1.82, 2.24) is 5.32 Å². The summed E-state index contributed by atoms with van der Waals surface area (Å²) in [4.78, 5) is 12.0. The standard InChI is InChI=1S/C17H27NO3/c1-12(2)10-17(4,20)11-18-16(19)9-14-8-13(3)6-7-15(14)21-5/h6-8,12,20H,9-11H2,1-5H3,(H,18,19). The van der Waals surface area contributed by atoms with E-state index in [0.717, 1.165) is 11.1 Å². The lowest BCUT2D eigenvalue weighted by atomic mass is 9.94. The van der Waals surface area contributed by atoms with Gasteiger partial charge in [0.15, 0.2) is 0 Å². The molecule has 118 valence electrons. The molecule has 0 bridgehead atoms. The van der Waals surface area contributed by atoms with Crippen molar-refractivity contribution < 1.29 is 14.6 Å². The van der Waals surface area contributed by atoms with E-state index < -0.39 is 5.60 Å². The molecule has 0 aromatic heterocycles. The molecule has 1 aromatic rings. The maximum atomic E-state index is 12.0. The third-order valence-corrected chi connectivity index (χ3v) is 3.30. The highest BCUT2D eigenvalue weighted by Crippen LogP contribution is 2.20. The molecule has 0 aliphatic rings. The fourth-order valence-electron chi connectivity index (χ4n) is 2.52. The normalized spacial score (nSPS) is 13.9. The summed E-state index contributed by atoms with van der Waals surface area (Å²) in [5.41, 5.74) is 1.07. The Hall–Kier alpha value is -1.55. The van der Waals surface area contributed by atoms with Crippen LogP contribution in [-0.2, 0) is 11.2 Å². The van der Waals surface area contributed by atoms with Crippen LogP contribution in [0.1, 0.15) is 38.3 Å². The van der Waals surface area contributed by atoms with Crippen LogP contribution in [0.5, 0.6) is 5.75 Å². The number of methoxy groups -OCH3 is 1. The molecule has 0 radical (unpaired) electrons. The zero-order valence-electron chi connectivity index (χ0n) is 13.7. The van der Waals surface area contributed by atoms with E-state index in [1.165, 1.54) is 0 Å². The molecule has 1 rings (SSSR count). The van der Waals surface area contributed by atoms with Gasteiger partial charge in [0.2, 0.25) is 5.91 Å². The second-order valence-electron chi connectivity index (χ2n) is 6.36. The molecule has 0 heterocycles. The average Bonchev–Trinajstić information content (AvgIpc) is 2.35. The van der Waals surface area contributed by atoms with Gasteiger partial charge < -0.3 is 15.2 Å². The van der Waals surface area contributed by atoms with Gasteiger partial charge in [-0.05, 0) is 32.3 Å². The molecule has 1 unspecified atom stereocenters. The first-order valence-corrected chi connectivity index (χ1v) is 7.36. The van der Waals surface area contributed by atoms with Crippen molar-refractivity contribution >= 4 is 5.91 Å². The van der Waals surface area contributed by atoms with Crippen molar-refractivity contribution in [1.29, 1.82) is 0 Å². The number of amides is 1. The molecular weight excluding hydrogens is 266 g/mol. The SMILES string of the molecule is COc1ccc(C)cc1CC(=O)NCC(C)(O)CC(C)C. The van der Waals surface area contributed by atoms with Gasteiger partial charge in [-0.15, -0.1) is 0 Å². The van der Waals surface area contributed by atoms with Gasteiger partial charge >= 0.3 is 0 Å². The number of nitrogens with one attached hydrogen (secondary N) is 1. The van der Waals surface area contributed by atoms with Crippen LogP contribution in [0.4, 0.5) is 0 Å². The van der Waals surface area contributed by atoms with E-state index >= 15 is 0 Å². The van der Waals surface area contributed by atoms with E-state index in [0.29, 0.717) is 18.1 Å². The number of aryl methyl sites for hydroxylation is 1. The highest BCUT2D eigenvalue weighted by molar-refractivity contribution is 5.79. The summed E-state index contributed by atoms with van der Waals surface area (Å²) in [6.07, 6.45) is 0.906. The molecule has 0 fully saturated rings. The molecule has 0 aliphatic carbocycles. The van der Waals surface area contributed by atoms with E-state index in [1.807, 2.05) is 39.0 Å². The van der Waals surface area contributed by atoms with Gasteiger partial charge in [-0.25, -0.2) is 0 Å². The molecule has 2 N–H and O–H groups in total. The molecule has 0 saturated carbocycles. The van der Waals surface area contributed by atoms with Crippen LogP contribution < -0.4 is 10.1 Å². The summed E-state index contributed by atoms with van der Waals surface area (Å²) in [5, 5.41) is 13.0. The Morgan fingerprint density at radius 2 is 2.10 bits per heavy atom. The maximum absolute atomic E-state index is 12.0. The molecule has 4 heteroatoms. The Labute approximate surface area is 127 Å². The average molecular weight is 293 g/mol. The van der Waals surface area contributed by atoms with E-state index in [-0.39, 0.29) is 18.9 Å². The highest BCUT2D eigenvalue weighted by atomic mass is 16.5. The molecule has 0 spiro atoms. The molecule has 0 saturated heterocycles. The fraction of sp³-hybridized carbons (Fsp3) is 0.588. The van der Waals surface area contributed by atoms with Gasteiger partial charge in [0, 0.05) is 12.1 Å².